The quantitative estimate of drug-likeness (QED) is 0.832. The zero-order valence-electron chi connectivity index (χ0n) is 10.7. The van der Waals surface area contributed by atoms with Gasteiger partial charge in [0.2, 0.25) is 0 Å². The highest BCUT2D eigenvalue weighted by Gasteiger charge is 2.17. The summed E-state index contributed by atoms with van der Waals surface area (Å²) in [6.07, 6.45) is 5.29. The summed E-state index contributed by atoms with van der Waals surface area (Å²) < 4.78 is 0. The summed E-state index contributed by atoms with van der Waals surface area (Å²) in [5.41, 5.74) is 2.12. The molecule has 3 heteroatoms. The van der Waals surface area contributed by atoms with Crippen LogP contribution in [0.1, 0.15) is 25.3 Å². The van der Waals surface area contributed by atoms with E-state index in [1.165, 1.54) is 18.9 Å². The molecule has 0 saturated carbocycles. The second kappa shape index (κ2) is 5.71. The van der Waals surface area contributed by atoms with Crippen LogP contribution in [0, 0.1) is 5.92 Å². The van der Waals surface area contributed by atoms with Crippen molar-refractivity contribution < 1.29 is 9.90 Å². The van der Waals surface area contributed by atoms with Crippen molar-refractivity contribution in [2.24, 2.45) is 5.92 Å². The summed E-state index contributed by atoms with van der Waals surface area (Å²) in [7, 11) is 0. The van der Waals surface area contributed by atoms with Crippen LogP contribution in [0.5, 0.6) is 0 Å². The Morgan fingerprint density at radius 2 is 2.00 bits per heavy atom. The van der Waals surface area contributed by atoms with Crippen LogP contribution in [0.4, 0.5) is 5.69 Å². The van der Waals surface area contributed by atoms with Crippen molar-refractivity contribution in [3.8, 4) is 0 Å². The van der Waals surface area contributed by atoms with Crippen molar-refractivity contribution in [3.05, 3.63) is 35.9 Å². The molecule has 0 unspecified atom stereocenters. The van der Waals surface area contributed by atoms with Gasteiger partial charge < -0.3 is 10.0 Å². The van der Waals surface area contributed by atoms with Crippen LogP contribution in [0.3, 0.4) is 0 Å². The second-order valence-corrected chi connectivity index (χ2v) is 4.90. The number of rotatable bonds is 3. The van der Waals surface area contributed by atoms with E-state index in [2.05, 4.69) is 17.9 Å². The van der Waals surface area contributed by atoms with E-state index in [1.807, 2.05) is 18.2 Å². The number of nitrogens with zero attached hydrogens (tertiary/aromatic N) is 1. The number of anilines is 1. The molecule has 3 nitrogen and oxygen atoms in total. The van der Waals surface area contributed by atoms with Gasteiger partial charge in [0, 0.05) is 24.9 Å². The second-order valence-electron chi connectivity index (χ2n) is 4.90. The van der Waals surface area contributed by atoms with Crippen LogP contribution in [-0.4, -0.2) is 24.2 Å². The first kappa shape index (κ1) is 12.7. The van der Waals surface area contributed by atoms with Gasteiger partial charge in [0.05, 0.1) is 0 Å². The number of hydrogen-bond acceptors (Lipinski definition) is 2. The number of piperidine rings is 1. The molecule has 0 spiro atoms. The molecule has 0 atom stereocenters. The van der Waals surface area contributed by atoms with Gasteiger partial charge in [-0.3, -0.25) is 0 Å². The summed E-state index contributed by atoms with van der Waals surface area (Å²) in [6.45, 7) is 4.39. The van der Waals surface area contributed by atoms with Crippen molar-refractivity contribution in [2.75, 3.05) is 18.0 Å². The highest BCUT2D eigenvalue weighted by molar-refractivity contribution is 5.87. The van der Waals surface area contributed by atoms with E-state index in [9.17, 15) is 4.79 Å². The maximum absolute atomic E-state index is 10.6. The first-order chi connectivity index (χ1) is 8.66. The van der Waals surface area contributed by atoms with E-state index in [0.29, 0.717) is 0 Å². The standard InChI is InChI=1S/C15H19NO2/c1-12-8-10-16(11-9-12)14-5-3-2-4-13(14)6-7-15(17)18/h2-7,12H,8-11H2,1H3,(H,17,18). The first-order valence-corrected chi connectivity index (χ1v) is 6.42. The average Bonchev–Trinajstić information content (AvgIpc) is 2.38. The molecule has 0 aromatic heterocycles. The number of benzene rings is 1. The minimum atomic E-state index is -0.905. The van der Waals surface area contributed by atoms with Crippen molar-refractivity contribution in [2.45, 2.75) is 19.8 Å². The molecule has 2 rings (SSSR count). The molecule has 18 heavy (non-hydrogen) atoms. The molecule has 1 aliphatic rings. The van der Waals surface area contributed by atoms with E-state index < -0.39 is 5.97 Å². The van der Waals surface area contributed by atoms with Crippen molar-refractivity contribution >= 4 is 17.7 Å². The molecule has 1 aliphatic heterocycles. The van der Waals surface area contributed by atoms with E-state index in [1.54, 1.807) is 6.08 Å². The van der Waals surface area contributed by atoms with Gasteiger partial charge in [-0.25, -0.2) is 4.79 Å². The molecule has 0 radical (unpaired) electrons. The molecule has 1 fully saturated rings. The minimum Gasteiger partial charge on any atom is -0.478 e. The number of para-hydroxylation sites is 1. The molecule has 0 aliphatic carbocycles. The van der Waals surface area contributed by atoms with Gasteiger partial charge in [-0.15, -0.1) is 0 Å². The van der Waals surface area contributed by atoms with Crippen LogP contribution in [0.25, 0.3) is 6.08 Å². The van der Waals surface area contributed by atoms with Gasteiger partial charge in [0.15, 0.2) is 0 Å². The highest BCUT2D eigenvalue weighted by Crippen LogP contribution is 2.26. The highest BCUT2D eigenvalue weighted by atomic mass is 16.4. The molecule has 1 heterocycles. The molecule has 1 N–H and O–H groups in total. The van der Waals surface area contributed by atoms with E-state index in [-0.39, 0.29) is 0 Å². The Morgan fingerprint density at radius 3 is 2.67 bits per heavy atom. The Labute approximate surface area is 108 Å². The zero-order valence-corrected chi connectivity index (χ0v) is 10.7. The molecule has 1 saturated heterocycles. The molecular formula is C15H19NO2. The lowest BCUT2D eigenvalue weighted by Crippen LogP contribution is -2.33. The fraction of sp³-hybridized carbons (Fsp3) is 0.400. The Hall–Kier alpha value is -1.77. The van der Waals surface area contributed by atoms with Gasteiger partial charge in [0.25, 0.3) is 0 Å². The fourth-order valence-corrected chi connectivity index (χ4v) is 2.33. The Morgan fingerprint density at radius 1 is 1.33 bits per heavy atom. The third-order valence-electron chi connectivity index (χ3n) is 3.47. The number of carbonyl (C=O) groups is 1. The Balaban J connectivity index is 2.19. The lowest BCUT2D eigenvalue weighted by Gasteiger charge is -2.33. The summed E-state index contributed by atoms with van der Waals surface area (Å²) >= 11 is 0. The predicted molar refractivity (Wildman–Crippen MR) is 73.7 cm³/mol. The molecule has 1 aromatic carbocycles. The Bertz CT molecular complexity index is 446. The van der Waals surface area contributed by atoms with Crippen LogP contribution in [0.2, 0.25) is 0 Å². The molecule has 96 valence electrons. The first-order valence-electron chi connectivity index (χ1n) is 6.42. The van der Waals surface area contributed by atoms with Crippen molar-refractivity contribution in [3.63, 3.8) is 0 Å². The summed E-state index contributed by atoms with van der Waals surface area (Å²) in [6, 6.07) is 7.98. The van der Waals surface area contributed by atoms with Crippen LogP contribution in [0.15, 0.2) is 30.3 Å². The summed E-state index contributed by atoms with van der Waals surface area (Å²) in [5, 5.41) is 8.71. The number of hydrogen-bond donors (Lipinski definition) is 1. The fourth-order valence-electron chi connectivity index (χ4n) is 2.33. The molecular weight excluding hydrogens is 226 g/mol. The van der Waals surface area contributed by atoms with Crippen LogP contribution in [-0.2, 0) is 4.79 Å². The SMILES string of the molecule is CC1CCN(c2ccccc2C=CC(=O)O)CC1. The van der Waals surface area contributed by atoms with E-state index in [4.69, 9.17) is 5.11 Å². The monoisotopic (exact) mass is 245 g/mol. The summed E-state index contributed by atoms with van der Waals surface area (Å²) in [5.74, 6) is -0.111. The van der Waals surface area contributed by atoms with Crippen molar-refractivity contribution in [1.29, 1.82) is 0 Å². The van der Waals surface area contributed by atoms with Gasteiger partial charge in [-0.2, -0.15) is 0 Å². The third kappa shape index (κ3) is 3.13. The maximum Gasteiger partial charge on any atom is 0.328 e. The number of carboxylic acids is 1. The Kier molecular flexibility index (Phi) is 4.03. The van der Waals surface area contributed by atoms with Gasteiger partial charge >= 0.3 is 5.97 Å². The topological polar surface area (TPSA) is 40.5 Å². The number of aliphatic carboxylic acids is 1. The van der Waals surface area contributed by atoms with Gasteiger partial charge in [0.1, 0.15) is 0 Å². The minimum absolute atomic E-state index is 0.794. The lowest BCUT2D eigenvalue weighted by molar-refractivity contribution is -0.131. The maximum atomic E-state index is 10.6. The normalized spacial score (nSPS) is 17.3. The van der Waals surface area contributed by atoms with E-state index in [0.717, 1.165) is 30.3 Å². The zero-order chi connectivity index (χ0) is 13.0. The van der Waals surface area contributed by atoms with Crippen LogP contribution >= 0.6 is 0 Å². The smallest absolute Gasteiger partial charge is 0.328 e. The van der Waals surface area contributed by atoms with Crippen molar-refractivity contribution in [1.82, 2.24) is 0 Å². The van der Waals surface area contributed by atoms with Gasteiger partial charge in [-0.05, 0) is 36.5 Å². The summed E-state index contributed by atoms with van der Waals surface area (Å²) in [4.78, 5) is 13.0. The molecule has 0 bridgehead atoms. The van der Waals surface area contributed by atoms with Gasteiger partial charge in [-0.1, -0.05) is 25.1 Å². The van der Waals surface area contributed by atoms with Crippen LogP contribution < -0.4 is 4.90 Å². The molecule has 1 aromatic rings. The third-order valence-corrected chi connectivity index (χ3v) is 3.47. The molecule has 0 amide bonds. The largest absolute Gasteiger partial charge is 0.478 e. The van der Waals surface area contributed by atoms with E-state index >= 15 is 0 Å². The lowest BCUT2D eigenvalue weighted by atomic mass is 9.98. The number of carboxylic acid groups (broad SMARTS) is 1. The predicted octanol–water partition coefficient (Wildman–Crippen LogP) is 3.02. The average molecular weight is 245 g/mol.